The van der Waals surface area contributed by atoms with Gasteiger partial charge in [0.2, 0.25) is 0 Å². The van der Waals surface area contributed by atoms with Crippen LogP contribution in [0.5, 0.6) is 0 Å². The Morgan fingerprint density at radius 3 is 2.80 bits per heavy atom. The maximum Gasteiger partial charge on any atom is 0.151 e. The summed E-state index contributed by atoms with van der Waals surface area (Å²) in [5.41, 5.74) is 7.43. The molecule has 1 aliphatic rings. The summed E-state index contributed by atoms with van der Waals surface area (Å²) < 4.78 is 0. The first-order valence-corrected chi connectivity index (χ1v) is 7.07. The zero-order chi connectivity index (χ0) is 13.8. The van der Waals surface area contributed by atoms with Crippen molar-refractivity contribution in [3.63, 3.8) is 0 Å². The van der Waals surface area contributed by atoms with E-state index in [4.69, 9.17) is 5.73 Å². The fourth-order valence-electron chi connectivity index (χ4n) is 2.61. The third-order valence-electron chi connectivity index (χ3n) is 3.75. The van der Waals surface area contributed by atoms with Crippen LogP contribution in [-0.4, -0.2) is 34.8 Å². The highest BCUT2D eigenvalue weighted by atomic mass is 15.3. The fourth-order valence-corrected chi connectivity index (χ4v) is 2.61. The van der Waals surface area contributed by atoms with Gasteiger partial charge >= 0.3 is 0 Å². The fraction of sp³-hybridized carbons (Fsp3) is 0.400. The predicted molar refractivity (Wildman–Crippen MR) is 79.3 cm³/mol. The molecule has 0 amide bonds. The molecule has 0 radical (unpaired) electrons. The zero-order valence-corrected chi connectivity index (χ0v) is 11.4. The van der Waals surface area contributed by atoms with Crippen LogP contribution in [0.15, 0.2) is 36.5 Å². The first-order valence-electron chi connectivity index (χ1n) is 7.07. The molecule has 0 spiro atoms. The van der Waals surface area contributed by atoms with Gasteiger partial charge in [-0.05, 0) is 49.6 Å². The van der Waals surface area contributed by atoms with Crippen molar-refractivity contribution in [1.29, 1.82) is 0 Å². The van der Waals surface area contributed by atoms with Gasteiger partial charge < -0.3 is 10.6 Å². The molecular weight excluding hydrogens is 250 g/mol. The van der Waals surface area contributed by atoms with Crippen molar-refractivity contribution in [1.82, 2.24) is 15.2 Å². The summed E-state index contributed by atoms with van der Waals surface area (Å²) in [4.78, 5) is 6.56. The van der Waals surface area contributed by atoms with E-state index >= 15 is 0 Å². The quantitative estimate of drug-likeness (QED) is 0.918. The number of piperidine rings is 1. The Labute approximate surface area is 118 Å². The number of hydrogen-bond acceptors (Lipinski definition) is 5. The van der Waals surface area contributed by atoms with Crippen molar-refractivity contribution in [2.75, 3.05) is 24.5 Å². The summed E-state index contributed by atoms with van der Waals surface area (Å²) in [6.45, 7) is 2.76. The molecule has 0 aromatic carbocycles. The molecule has 1 fully saturated rings. The van der Waals surface area contributed by atoms with E-state index < -0.39 is 0 Å². The molecule has 5 heteroatoms. The van der Waals surface area contributed by atoms with Gasteiger partial charge in [0.1, 0.15) is 5.69 Å². The van der Waals surface area contributed by atoms with Crippen LogP contribution >= 0.6 is 0 Å². The topological polar surface area (TPSA) is 67.9 Å². The third kappa shape index (κ3) is 2.77. The standard InChI is InChI=1S/C15H19N5/c16-10-12-4-3-9-20(11-12)15-7-6-14(18-19-15)13-5-1-2-8-17-13/h1-2,5-8,12H,3-4,9-11,16H2. The molecule has 0 bridgehead atoms. The number of anilines is 1. The Bertz CT molecular complexity index is 540. The second-order valence-electron chi connectivity index (χ2n) is 5.18. The van der Waals surface area contributed by atoms with Gasteiger partial charge in [-0.1, -0.05) is 6.07 Å². The van der Waals surface area contributed by atoms with Crippen LogP contribution in [0.2, 0.25) is 0 Å². The lowest BCUT2D eigenvalue weighted by molar-refractivity contribution is 0.421. The van der Waals surface area contributed by atoms with E-state index in [1.54, 1.807) is 6.20 Å². The van der Waals surface area contributed by atoms with Crippen molar-refractivity contribution in [2.45, 2.75) is 12.8 Å². The normalized spacial score (nSPS) is 19.1. The minimum Gasteiger partial charge on any atom is -0.355 e. The lowest BCUT2D eigenvalue weighted by Gasteiger charge is -2.32. The van der Waals surface area contributed by atoms with E-state index in [1.165, 1.54) is 12.8 Å². The summed E-state index contributed by atoms with van der Waals surface area (Å²) in [5.74, 6) is 1.50. The molecular formula is C15H19N5. The Morgan fingerprint density at radius 2 is 2.10 bits per heavy atom. The zero-order valence-electron chi connectivity index (χ0n) is 11.4. The predicted octanol–water partition coefficient (Wildman–Crippen LogP) is 1.71. The molecule has 2 aromatic heterocycles. The number of nitrogens with zero attached hydrogens (tertiary/aromatic N) is 4. The van der Waals surface area contributed by atoms with Gasteiger partial charge in [0.05, 0.1) is 5.69 Å². The van der Waals surface area contributed by atoms with Crippen LogP contribution in [0.1, 0.15) is 12.8 Å². The Kier molecular flexibility index (Phi) is 3.87. The number of rotatable bonds is 3. The Morgan fingerprint density at radius 1 is 1.15 bits per heavy atom. The Balaban J connectivity index is 1.76. The van der Waals surface area contributed by atoms with Crippen molar-refractivity contribution in [2.24, 2.45) is 11.7 Å². The first-order chi connectivity index (χ1) is 9.86. The maximum atomic E-state index is 5.77. The second kappa shape index (κ2) is 5.96. The third-order valence-corrected chi connectivity index (χ3v) is 3.75. The summed E-state index contributed by atoms with van der Waals surface area (Å²) in [6.07, 6.45) is 4.15. The second-order valence-corrected chi connectivity index (χ2v) is 5.18. The maximum absolute atomic E-state index is 5.77. The molecule has 3 rings (SSSR count). The van der Waals surface area contributed by atoms with Crippen LogP contribution < -0.4 is 10.6 Å². The van der Waals surface area contributed by atoms with Crippen LogP contribution in [0.25, 0.3) is 11.4 Å². The molecule has 5 nitrogen and oxygen atoms in total. The van der Waals surface area contributed by atoms with Gasteiger partial charge in [-0.15, -0.1) is 10.2 Å². The molecule has 2 aromatic rings. The van der Waals surface area contributed by atoms with E-state index in [0.717, 1.165) is 36.8 Å². The summed E-state index contributed by atoms with van der Waals surface area (Å²) in [7, 11) is 0. The monoisotopic (exact) mass is 269 g/mol. The van der Waals surface area contributed by atoms with Gasteiger partial charge in [0, 0.05) is 19.3 Å². The molecule has 104 valence electrons. The highest BCUT2D eigenvalue weighted by molar-refractivity contribution is 5.54. The van der Waals surface area contributed by atoms with Crippen LogP contribution in [0.4, 0.5) is 5.82 Å². The lowest BCUT2D eigenvalue weighted by Crippen LogP contribution is -2.38. The van der Waals surface area contributed by atoms with Crippen LogP contribution in [0, 0.1) is 5.92 Å². The lowest BCUT2D eigenvalue weighted by atomic mass is 9.98. The van der Waals surface area contributed by atoms with Gasteiger partial charge in [-0.25, -0.2) is 0 Å². The van der Waals surface area contributed by atoms with E-state index in [-0.39, 0.29) is 0 Å². The first kappa shape index (κ1) is 13.0. The molecule has 2 N–H and O–H groups in total. The molecule has 1 atom stereocenters. The van der Waals surface area contributed by atoms with E-state index in [9.17, 15) is 0 Å². The number of aromatic nitrogens is 3. The molecule has 3 heterocycles. The molecule has 1 saturated heterocycles. The van der Waals surface area contributed by atoms with Crippen molar-refractivity contribution >= 4 is 5.82 Å². The smallest absolute Gasteiger partial charge is 0.151 e. The van der Waals surface area contributed by atoms with Crippen molar-refractivity contribution in [3.05, 3.63) is 36.5 Å². The summed E-state index contributed by atoms with van der Waals surface area (Å²) in [6, 6.07) is 9.79. The van der Waals surface area contributed by atoms with Gasteiger partial charge in [-0.3, -0.25) is 4.98 Å². The molecule has 1 aliphatic heterocycles. The number of nitrogens with two attached hydrogens (primary N) is 1. The molecule has 0 saturated carbocycles. The molecule has 1 unspecified atom stereocenters. The minimum absolute atomic E-state index is 0.570. The highest BCUT2D eigenvalue weighted by Crippen LogP contribution is 2.22. The van der Waals surface area contributed by atoms with Gasteiger partial charge in [0.25, 0.3) is 0 Å². The van der Waals surface area contributed by atoms with Gasteiger partial charge in [-0.2, -0.15) is 0 Å². The van der Waals surface area contributed by atoms with Crippen LogP contribution in [0.3, 0.4) is 0 Å². The summed E-state index contributed by atoms with van der Waals surface area (Å²) in [5, 5.41) is 8.63. The van der Waals surface area contributed by atoms with E-state index in [2.05, 4.69) is 20.1 Å². The largest absolute Gasteiger partial charge is 0.355 e. The van der Waals surface area contributed by atoms with E-state index in [1.807, 2.05) is 30.3 Å². The molecule has 20 heavy (non-hydrogen) atoms. The highest BCUT2D eigenvalue weighted by Gasteiger charge is 2.20. The van der Waals surface area contributed by atoms with Gasteiger partial charge in [0.15, 0.2) is 5.82 Å². The van der Waals surface area contributed by atoms with Crippen molar-refractivity contribution < 1.29 is 0 Å². The number of hydrogen-bond donors (Lipinski definition) is 1. The van der Waals surface area contributed by atoms with Crippen LogP contribution in [-0.2, 0) is 0 Å². The SMILES string of the molecule is NCC1CCCN(c2ccc(-c3ccccn3)nn2)C1. The van der Waals surface area contributed by atoms with Crippen molar-refractivity contribution in [3.8, 4) is 11.4 Å². The summed E-state index contributed by atoms with van der Waals surface area (Å²) >= 11 is 0. The average Bonchev–Trinajstić information content (AvgIpc) is 2.56. The minimum atomic E-state index is 0.570. The van der Waals surface area contributed by atoms with E-state index in [0.29, 0.717) is 5.92 Å². The average molecular weight is 269 g/mol. The molecule has 0 aliphatic carbocycles. The Hall–Kier alpha value is -2.01. The number of pyridine rings is 1.